The van der Waals surface area contributed by atoms with E-state index in [2.05, 4.69) is 64.5 Å². The lowest BCUT2D eigenvalue weighted by Crippen LogP contribution is -2.60. The molecule has 7 atom stereocenters. The number of nitrogens with two attached hydrogens (primary N) is 3. The molecule has 2 heterocycles. The molecule has 3 aromatic rings. The zero-order valence-electron chi connectivity index (χ0n) is 35.8. The SMILES string of the molecule is CC(C)C[C@H](NC(=O)[C@@H](N)CCC(=O)O)C(=O)N[C@@H](Cc1c[nH]c2ccccc12)C(=O)N[C@@H](Cc1cnc[nH]1)C(=O)N[C@@H](CCCN=C(N)N)C(=O)N[C@@H](C)C(=O)N[C@@H](CS)C(=O)O. The molecule has 3 rings (SSSR count). The van der Waals surface area contributed by atoms with Crippen LogP contribution in [0.4, 0.5) is 0 Å². The fraction of sp³-hybridized carbons (Fsp3) is 0.500. The summed E-state index contributed by atoms with van der Waals surface area (Å²) in [6.07, 6.45) is 3.88. The molecule has 16 N–H and O–H groups in total. The third-order valence-electron chi connectivity index (χ3n) is 9.82. The number of hydrogen-bond donors (Lipinski definition) is 14. The number of carbonyl (C=O) groups excluding carboxylic acids is 6. The molecule has 6 amide bonds. The largest absolute Gasteiger partial charge is 0.481 e. The first-order valence-corrected chi connectivity index (χ1v) is 21.1. The quantitative estimate of drug-likeness (QED) is 0.0169. The maximum atomic E-state index is 14.5. The molecule has 0 saturated heterocycles. The summed E-state index contributed by atoms with van der Waals surface area (Å²) in [5.41, 5.74) is 18.6. The minimum absolute atomic E-state index is 0.0516. The molecule has 350 valence electrons. The highest BCUT2D eigenvalue weighted by molar-refractivity contribution is 7.80. The van der Waals surface area contributed by atoms with Crippen molar-refractivity contribution in [2.24, 2.45) is 28.1 Å². The number of benzene rings is 1. The zero-order chi connectivity index (χ0) is 47.5. The number of guanidine groups is 1. The molecular weight excluding hydrogens is 855 g/mol. The van der Waals surface area contributed by atoms with E-state index >= 15 is 0 Å². The number of aliphatic carboxylic acids is 2. The molecule has 0 spiro atoms. The van der Waals surface area contributed by atoms with Crippen LogP contribution in [0.2, 0.25) is 0 Å². The fourth-order valence-corrected chi connectivity index (χ4v) is 6.65. The van der Waals surface area contributed by atoms with Gasteiger partial charge in [0.1, 0.15) is 36.3 Å². The van der Waals surface area contributed by atoms with E-state index in [1.54, 1.807) is 12.3 Å². The summed E-state index contributed by atoms with van der Waals surface area (Å²) in [7, 11) is 0. The molecule has 1 aromatic carbocycles. The number of imidazole rings is 1. The minimum Gasteiger partial charge on any atom is -0.481 e. The monoisotopic (exact) mass is 913 g/mol. The van der Waals surface area contributed by atoms with E-state index in [9.17, 15) is 43.5 Å². The van der Waals surface area contributed by atoms with Crippen molar-refractivity contribution in [1.29, 1.82) is 0 Å². The van der Waals surface area contributed by atoms with Crippen LogP contribution in [0.5, 0.6) is 0 Å². The summed E-state index contributed by atoms with van der Waals surface area (Å²) in [5.74, 6) is -7.87. The Morgan fingerprint density at radius 1 is 0.750 bits per heavy atom. The topological polar surface area (TPSA) is 384 Å². The second kappa shape index (κ2) is 25.4. The number of rotatable bonds is 27. The maximum Gasteiger partial charge on any atom is 0.327 e. The number of fused-ring (bicyclic) bond motifs is 1. The number of para-hydroxylation sites is 1. The minimum atomic E-state index is -1.41. The maximum absolute atomic E-state index is 14.5. The Kier molecular flexibility index (Phi) is 20.5. The molecule has 0 aliphatic carbocycles. The lowest BCUT2D eigenvalue weighted by atomic mass is 9.99. The van der Waals surface area contributed by atoms with Gasteiger partial charge in [0.2, 0.25) is 35.4 Å². The Balaban J connectivity index is 1.95. The molecule has 0 aliphatic rings. The van der Waals surface area contributed by atoms with Crippen molar-refractivity contribution in [3.8, 4) is 0 Å². The number of aromatic nitrogens is 3. The number of carbonyl (C=O) groups is 8. The third-order valence-corrected chi connectivity index (χ3v) is 10.2. The van der Waals surface area contributed by atoms with Gasteiger partial charge in [-0.1, -0.05) is 32.0 Å². The van der Waals surface area contributed by atoms with E-state index < -0.39 is 89.7 Å². The predicted octanol–water partition coefficient (Wildman–Crippen LogP) is -2.09. The Hall–Kier alpha value is -6.69. The number of H-pyrrole nitrogens is 2. The summed E-state index contributed by atoms with van der Waals surface area (Å²) >= 11 is 3.94. The highest BCUT2D eigenvalue weighted by atomic mass is 32.1. The van der Waals surface area contributed by atoms with Gasteiger partial charge in [-0.15, -0.1) is 0 Å². The van der Waals surface area contributed by atoms with Gasteiger partial charge in [-0.2, -0.15) is 12.6 Å². The summed E-state index contributed by atoms with van der Waals surface area (Å²) in [6, 6.07) is -1.86. The van der Waals surface area contributed by atoms with Crippen LogP contribution in [-0.4, -0.2) is 133 Å². The molecular formula is C40H59N13O10S. The van der Waals surface area contributed by atoms with Gasteiger partial charge in [-0.25, -0.2) is 9.78 Å². The summed E-state index contributed by atoms with van der Waals surface area (Å²) in [4.78, 5) is 119. The number of nitrogens with one attached hydrogen (secondary N) is 8. The van der Waals surface area contributed by atoms with Crippen molar-refractivity contribution in [1.82, 2.24) is 46.9 Å². The van der Waals surface area contributed by atoms with Crippen LogP contribution >= 0.6 is 12.6 Å². The van der Waals surface area contributed by atoms with Gasteiger partial charge >= 0.3 is 11.9 Å². The first-order valence-electron chi connectivity index (χ1n) is 20.5. The molecule has 0 fully saturated rings. The van der Waals surface area contributed by atoms with Crippen molar-refractivity contribution < 1.29 is 48.6 Å². The Morgan fingerprint density at radius 2 is 1.34 bits per heavy atom. The van der Waals surface area contributed by atoms with Crippen LogP contribution < -0.4 is 49.1 Å². The van der Waals surface area contributed by atoms with Gasteiger partial charge < -0.3 is 69.3 Å². The normalized spacial score (nSPS) is 14.4. The highest BCUT2D eigenvalue weighted by Crippen LogP contribution is 2.20. The highest BCUT2D eigenvalue weighted by Gasteiger charge is 2.34. The Labute approximate surface area is 374 Å². The van der Waals surface area contributed by atoms with Gasteiger partial charge in [-0.3, -0.25) is 38.6 Å². The van der Waals surface area contributed by atoms with Crippen LogP contribution in [0.3, 0.4) is 0 Å². The Bertz CT molecular complexity index is 2110. The van der Waals surface area contributed by atoms with Gasteiger partial charge in [0.05, 0.1) is 12.4 Å². The van der Waals surface area contributed by atoms with Gasteiger partial charge in [0, 0.05) is 60.6 Å². The van der Waals surface area contributed by atoms with Crippen LogP contribution in [0.1, 0.15) is 64.1 Å². The molecule has 64 heavy (non-hydrogen) atoms. The third kappa shape index (κ3) is 16.9. The first kappa shape index (κ1) is 51.7. The smallest absolute Gasteiger partial charge is 0.327 e. The van der Waals surface area contributed by atoms with Crippen molar-refractivity contribution in [3.05, 3.63) is 54.2 Å². The standard InChI is InChI=1S/C40H59N13O10S/c1-20(2)13-28(50-34(57)25(41)10-11-32(54)55)36(59)51-29(14-22-16-46-26-8-5-4-7-24(22)26)37(60)52-30(15-23-17-44-19-47-23)38(61)49-27(9-6-12-45-40(42)43)35(58)48-21(3)33(56)53-31(18-64)39(62)63/h4-5,7-8,16-17,19-21,25,27-31,46,64H,6,9-15,18,41H2,1-3H3,(H,44,47)(H,48,58)(H,49,61)(H,50,57)(H,51,59)(H,52,60)(H,53,56)(H,54,55)(H,62,63)(H4,42,43,45)/t21-,25-,27-,28-,29-,30-,31-/m0/s1. The van der Waals surface area contributed by atoms with Crippen molar-refractivity contribution in [3.63, 3.8) is 0 Å². The number of carboxylic acid groups (broad SMARTS) is 2. The van der Waals surface area contributed by atoms with E-state index in [-0.39, 0.29) is 69.1 Å². The second-order valence-corrected chi connectivity index (χ2v) is 15.9. The fourth-order valence-electron chi connectivity index (χ4n) is 6.40. The molecule has 0 radical (unpaired) electrons. The van der Waals surface area contributed by atoms with Crippen LogP contribution in [0.25, 0.3) is 10.9 Å². The summed E-state index contributed by atoms with van der Waals surface area (Å²) < 4.78 is 0. The second-order valence-electron chi connectivity index (χ2n) is 15.5. The van der Waals surface area contributed by atoms with E-state index in [0.29, 0.717) is 11.3 Å². The van der Waals surface area contributed by atoms with Crippen molar-refractivity contribution >= 4 is 76.9 Å². The average Bonchev–Trinajstić information content (AvgIpc) is 3.91. The van der Waals surface area contributed by atoms with Gasteiger partial charge in [-0.05, 0) is 50.2 Å². The van der Waals surface area contributed by atoms with E-state index in [1.165, 1.54) is 19.4 Å². The number of amides is 6. The number of nitrogens with zero attached hydrogens (tertiary/aromatic N) is 2. The van der Waals surface area contributed by atoms with Crippen molar-refractivity contribution in [2.45, 2.75) is 108 Å². The number of thiol groups is 1. The molecule has 0 aliphatic heterocycles. The lowest BCUT2D eigenvalue weighted by Gasteiger charge is -2.27. The number of aliphatic imine (C=N–C) groups is 1. The molecule has 0 saturated carbocycles. The molecule has 0 unspecified atom stereocenters. The van der Waals surface area contributed by atoms with E-state index in [0.717, 1.165) is 10.9 Å². The predicted molar refractivity (Wildman–Crippen MR) is 237 cm³/mol. The molecule has 24 heteroatoms. The number of aromatic amines is 2. The van der Waals surface area contributed by atoms with Gasteiger partial charge in [0.25, 0.3) is 0 Å². The number of carboxylic acids is 2. The van der Waals surface area contributed by atoms with Crippen LogP contribution in [0, 0.1) is 5.92 Å². The van der Waals surface area contributed by atoms with Gasteiger partial charge in [0.15, 0.2) is 5.96 Å². The number of hydrogen-bond acceptors (Lipinski definition) is 12. The molecule has 0 bridgehead atoms. The summed E-state index contributed by atoms with van der Waals surface area (Å²) in [5, 5.41) is 34.6. The lowest BCUT2D eigenvalue weighted by molar-refractivity contribution is -0.141. The van der Waals surface area contributed by atoms with E-state index in [4.69, 9.17) is 22.3 Å². The summed E-state index contributed by atoms with van der Waals surface area (Å²) in [6.45, 7) is 5.01. The van der Waals surface area contributed by atoms with Crippen LogP contribution in [-0.2, 0) is 51.2 Å². The zero-order valence-corrected chi connectivity index (χ0v) is 36.7. The molecule has 2 aromatic heterocycles. The molecule has 23 nitrogen and oxygen atoms in total. The van der Waals surface area contributed by atoms with Crippen LogP contribution in [0.15, 0.2) is 48.0 Å². The Morgan fingerprint density at radius 3 is 1.94 bits per heavy atom. The average molecular weight is 914 g/mol. The van der Waals surface area contributed by atoms with E-state index in [1.807, 2.05) is 32.0 Å². The van der Waals surface area contributed by atoms with Crippen molar-refractivity contribution in [2.75, 3.05) is 12.3 Å². The first-order chi connectivity index (χ1) is 30.3.